The van der Waals surface area contributed by atoms with Gasteiger partial charge in [0.2, 0.25) is 5.91 Å². The molecule has 28 heavy (non-hydrogen) atoms. The second-order valence-corrected chi connectivity index (χ2v) is 7.51. The lowest BCUT2D eigenvalue weighted by molar-refractivity contribution is -0.115. The van der Waals surface area contributed by atoms with Gasteiger partial charge in [0, 0.05) is 6.04 Å². The second-order valence-electron chi connectivity index (χ2n) is 6.44. The Morgan fingerprint density at radius 3 is 2.57 bits per heavy atom. The van der Waals surface area contributed by atoms with E-state index in [1.807, 2.05) is 66.1 Å². The fraction of sp³-hybridized carbons (Fsp3) is 0.286. The van der Waals surface area contributed by atoms with Crippen molar-refractivity contribution in [2.75, 3.05) is 11.9 Å². The number of hydrogen-bond acceptors (Lipinski definition) is 5. The molecule has 1 aromatic heterocycles. The van der Waals surface area contributed by atoms with Gasteiger partial charge in [-0.25, -0.2) is 0 Å². The van der Waals surface area contributed by atoms with Crippen LogP contribution in [0, 0.1) is 0 Å². The minimum atomic E-state index is -0.474. The maximum atomic E-state index is 13.2. The minimum absolute atomic E-state index is 0.137. The van der Waals surface area contributed by atoms with E-state index in [1.54, 1.807) is 6.33 Å². The van der Waals surface area contributed by atoms with Gasteiger partial charge >= 0.3 is 0 Å². The van der Waals surface area contributed by atoms with Crippen LogP contribution < -0.4 is 10.1 Å². The van der Waals surface area contributed by atoms with Gasteiger partial charge in [-0.3, -0.25) is 4.79 Å². The third-order valence-electron chi connectivity index (χ3n) is 4.11. The van der Waals surface area contributed by atoms with Crippen LogP contribution in [0.1, 0.15) is 37.6 Å². The van der Waals surface area contributed by atoms with Crippen molar-refractivity contribution < 1.29 is 9.53 Å². The van der Waals surface area contributed by atoms with Crippen LogP contribution in [0.2, 0.25) is 0 Å². The highest BCUT2D eigenvalue weighted by Crippen LogP contribution is 2.36. The van der Waals surface area contributed by atoms with Crippen molar-refractivity contribution in [3.8, 4) is 5.75 Å². The molecule has 0 radical (unpaired) electrons. The average Bonchev–Trinajstić information content (AvgIpc) is 3.17. The summed E-state index contributed by atoms with van der Waals surface area (Å²) < 4.78 is 7.59. The zero-order chi connectivity index (χ0) is 19.9. The predicted molar refractivity (Wildman–Crippen MR) is 112 cm³/mol. The molecule has 0 saturated carbocycles. The van der Waals surface area contributed by atoms with Crippen molar-refractivity contribution in [1.29, 1.82) is 0 Å². The first-order valence-corrected chi connectivity index (χ1v) is 10.1. The minimum Gasteiger partial charge on any atom is -0.492 e. The summed E-state index contributed by atoms with van der Waals surface area (Å²) in [7, 11) is 0. The number of nitrogens with one attached hydrogen (secondary N) is 1. The zero-order valence-electron chi connectivity index (χ0n) is 16.2. The molecule has 1 heterocycles. The number of anilines is 1. The van der Waals surface area contributed by atoms with Gasteiger partial charge in [-0.2, -0.15) is 0 Å². The van der Waals surface area contributed by atoms with E-state index in [0.717, 1.165) is 5.56 Å². The Morgan fingerprint density at radius 2 is 1.86 bits per heavy atom. The van der Waals surface area contributed by atoms with E-state index in [9.17, 15) is 4.79 Å². The van der Waals surface area contributed by atoms with E-state index in [0.29, 0.717) is 23.2 Å². The van der Waals surface area contributed by atoms with Crippen LogP contribution in [0.3, 0.4) is 0 Å². The van der Waals surface area contributed by atoms with E-state index in [-0.39, 0.29) is 11.9 Å². The zero-order valence-corrected chi connectivity index (χ0v) is 17.0. The van der Waals surface area contributed by atoms with Crippen molar-refractivity contribution in [2.24, 2.45) is 0 Å². The standard InChI is InChI=1S/C21H24N4O2S/c1-4-27-18-13-9-8-12-17(18)23-20(26)19(16-10-6-5-7-11-16)28-21-24-22-14-25(21)15(2)3/h5-15,19H,4H2,1-3H3,(H,23,26). The predicted octanol–water partition coefficient (Wildman–Crippen LogP) is 4.73. The number of benzene rings is 2. The molecule has 0 bridgehead atoms. The number of hydrogen-bond donors (Lipinski definition) is 1. The second kappa shape index (κ2) is 9.41. The molecule has 0 aliphatic heterocycles. The Kier molecular flexibility index (Phi) is 6.71. The van der Waals surface area contributed by atoms with Gasteiger partial charge in [-0.1, -0.05) is 54.2 Å². The van der Waals surface area contributed by atoms with Gasteiger partial charge in [0.1, 0.15) is 17.3 Å². The van der Waals surface area contributed by atoms with Crippen LogP contribution in [-0.4, -0.2) is 27.3 Å². The SMILES string of the molecule is CCOc1ccccc1NC(=O)C(Sc1nncn1C(C)C)c1ccccc1. The third kappa shape index (κ3) is 4.72. The number of amides is 1. The summed E-state index contributed by atoms with van der Waals surface area (Å²) in [6, 6.07) is 17.3. The maximum absolute atomic E-state index is 13.2. The molecule has 1 N–H and O–H groups in total. The van der Waals surface area contributed by atoms with Gasteiger partial charge in [0.25, 0.3) is 0 Å². The molecule has 6 nitrogen and oxygen atoms in total. The van der Waals surface area contributed by atoms with E-state index in [2.05, 4.69) is 29.4 Å². The Hall–Kier alpha value is -2.80. The first kappa shape index (κ1) is 19.9. The molecule has 146 valence electrons. The molecule has 0 aliphatic carbocycles. The number of ether oxygens (including phenoxy) is 1. The lowest BCUT2D eigenvalue weighted by Crippen LogP contribution is -2.20. The Labute approximate surface area is 169 Å². The van der Waals surface area contributed by atoms with Crippen molar-refractivity contribution >= 4 is 23.4 Å². The third-order valence-corrected chi connectivity index (χ3v) is 5.33. The average molecular weight is 397 g/mol. The Morgan fingerprint density at radius 1 is 1.14 bits per heavy atom. The molecular weight excluding hydrogens is 372 g/mol. The van der Waals surface area contributed by atoms with Gasteiger partial charge in [0.15, 0.2) is 5.16 Å². The summed E-state index contributed by atoms with van der Waals surface area (Å²) >= 11 is 1.39. The van der Waals surface area contributed by atoms with Crippen LogP contribution in [0.5, 0.6) is 5.75 Å². The van der Waals surface area contributed by atoms with E-state index in [1.165, 1.54) is 11.8 Å². The molecule has 3 rings (SSSR count). The molecule has 1 amide bonds. The normalized spacial score (nSPS) is 12.0. The quantitative estimate of drug-likeness (QED) is 0.558. The van der Waals surface area contributed by atoms with Crippen LogP contribution in [0.4, 0.5) is 5.69 Å². The number of thioether (sulfide) groups is 1. The molecule has 0 aliphatic rings. The van der Waals surface area contributed by atoms with Crippen LogP contribution in [0.15, 0.2) is 66.1 Å². The van der Waals surface area contributed by atoms with Crippen molar-refractivity contribution in [3.05, 3.63) is 66.5 Å². The monoisotopic (exact) mass is 396 g/mol. The Bertz CT molecular complexity index is 912. The smallest absolute Gasteiger partial charge is 0.242 e. The summed E-state index contributed by atoms with van der Waals surface area (Å²) in [4.78, 5) is 13.2. The number of nitrogens with zero attached hydrogens (tertiary/aromatic N) is 3. The summed E-state index contributed by atoms with van der Waals surface area (Å²) in [5, 5.41) is 11.5. The first-order chi connectivity index (χ1) is 13.6. The molecule has 2 aromatic carbocycles. The topological polar surface area (TPSA) is 69.0 Å². The molecule has 7 heteroatoms. The number of carbonyl (C=O) groups is 1. The molecule has 3 aromatic rings. The van der Waals surface area contributed by atoms with E-state index >= 15 is 0 Å². The molecule has 1 unspecified atom stereocenters. The maximum Gasteiger partial charge on any atom is 0.242 e. The van der Waals surface area contributed by atoms with E-state index in [4.69, 9.17) is 4.74 Å². The highest BCUT2D eigenvalue weighted by molar-refractivity contribution is 8.00. The number of rotatable bonds is 8. The van der Waals surface area contributed by atoms with Crippen molar-refractivity contribution in [3.63, 3.8) is 0 Å². The summed E-state index contributed by atoms with van der Waals surface area (Å²) in [5.41, 5.74) is 1.55. The highest BCUT2D eigenvalue weighted by Gasteiger charge is 2.25. The van der Waals surface area contributed by atoms with Gasteiger partial charge in [-0.05, 0) is 38.5 Å². The summed E-state index contributed by atoms with van der Waals surface area (Å²) in [6.45, 7) is 6.56. The number of para-hydroxylation sites is 2. The summed E-state index contributed by atoms with van der Waals surface area (Å²) in [6.07, 6.45) is 1.69. The number of aromatic nitrogens is 3. The van der Waals surface area contributed by atoms with Gasteiger partial charge in [0.05, 0.1) is 12.3 Å². The van der Waals surface area contributed by atoms with Crippen molar-refractivity contribution in [1.82, 2.24) is 14.8 Å². The lowest BCUT2D eigenvalue weighted by Gasteiger charge is -2.19. The lowest BCUT2D eigenvalue weighted by atomic mass is 10.1. The molecule has 0 spiro atoms. The highest BCUT2D eigenvalue weighted by atomic mass is 32.2. The van der Waals surface area contributed by atoms with Crippen molar-refractivity contribution in [2.45, 2.75) is 37.2 Å². The first-order valence-electron chi connectivity index (χ1n) is 9.24. The summed E-state index contributed by atoms with van der Waals surface area (Å²) in [5.74, 6) is 0.516. The largest absolute Gasteiger partial charge is 0.492 e. The van der Waals surface area contributed by atoms with Gasteiger partial charge < -0.3 is 14.6 Å². The molecular formula is C21H24N4O2S. The van der Waals surface area contributed by atoms with Crippen LogP contribution in [0.25, 0.3) is 0 Å². The molecule has 0 saturated heterocycles. The number of carbonyl (C=O) groups excluding carboxylic acids is 1. The van der Waals surface area contributed by atoms with E-state index < -0.39 is 5.25 Å². The van der Waals surface area contributed by atoms with Crippen LogP contribution in [-0.2, 0) is 4.79 Å². The fourth-order valence-corrected chi connectivity index (χ4v) is 3.87. The Balaban J connectivity index is 1.89. The molecule has 1 atom stereocenters. The fourth-order valence-electron chi connectivity index (χ4n) is 2.73. The van der Waals surface area contributed by atoms with Gasteiger partial charge in [-0.15, -0.1) is 10.2 Å². The molecule has 0 fully saturated rings. The van der Waals surface area contributed by atoms with Crippen LogP contribution >= 0.6 is 11.8 Å².